The zero-order valence-corrected chi connectivity index (χ0v) is 19.3. The van der Waals surface area contributed by atoms with Gasteiger partial charge in [-0.2, -0.15) is 5.10 Å². The zero-order valence-electron chi connectivity index (χ0n) is 19.3. The molecule has 1 saturated heterocycles. The van der Waals surface area contributed by atoms with Crippen molar-refractivity contribution < 1.29 is 13.9 Å². The second-order valence-corrected chi connectivity index (χ2v) is 9.77. The first-order valence-electron chi connectivity index (χ1n) is 11.0. The van der Waals surface area contributed by atoms with Crippen molar-refractivity contribution in [2.24, 2.45) is 5.41 Å². The Labute approximate surface area is 184 Å². The molecule has 1 N–H and O–H groups in total. The molecule has 3 rings (SSSR count). The Bertz CT molecular complexity index is 873. The van der Waals surface area contributed by atoms with E-state index in [0.29, 0.717) is 26.2 Å². The number of aromatic nitrogens is 2. The van der Waals surface area contributed by atoms with Crippen molar-refractivity contribution in [1.29, 1.82) is 0 Å². The Morgan fingerprint density at radius 1 is 1.29 bits per heavy atom. The van der Waals surface area contributed by atoms with Gasteiger partial charge in [-0.15, -0.1) is 0 Å². The maximum absolute atomic E-state index is 13.4. The lowest BCUT2D eigenvalue weighted by atomic mass is 9.85. The van der Waals surface area contributed by atoms with Crippen LogP contribution in [0.4, 0.5) is 4.39 Å². The highest BCUT2D eigenvalue weighted by Crippen LogP contribution is 2.29. The summed E-state index contributed by atoms with van der Waals surface area (Å²) in [5.41, 5.74) is 3.06. The number of nitrogens with zero attached hydrogens (tertiary/aromatic N) is 3. The number of hydrogen-bond donors (Lipinski definition) is 1. The average Bonchev–Trinajstić information content (AvgIpc) is 2.98. The molecule has 2 aromatic rings. The molecule has 2 heterocycles. The maximum atomic E-state index is 13.4. The van der Waals surface area contributed by atoms with E-state index in [1.807, 2.05) is 18.5 Å². The van der Waals surface area contributed by atoms with Gasteiger partial charge in [-0.25, -0.2) is 4.39 Å². The topological polar surface area (TPSA) is 59.4 Å². The quantitative estimate of drug-likeness (QED) is 0.729. The Balaban J connectivity index is 1.59. The summed E-state index contributed by atoms with van der Waals surface area (Å²) >= 11 is 0. The molecule has 31 heavy (non-hydrogen) atoms. The molecule has 2 unspecified atom stereocenters. The van der Waals surface area contributed by atoms with Gasteiger partial charge in [0.15, 0.2) is 0 Å². The SMILES string of the molecule is Cc1cc(C)n(CC2CN(CC(=O)NC(CC(C)(C)C)c3ccc(F)cc3)CCO2)n1. The van der Waals surface area contributed by atoms with E-state index in [-0.39, 0.29) is 29.3 Å². The van der Waals surface area contributed by atoms with Gasteiger partial charge in [-0.3, -0.25) is 14.4 Å². The second-order valence-electron chi connectivity index (χ2n) is 9.77. The van der Waals surface area contributed by atoms with Crippen molar-refractivity contribution in [3.8, 4) is 0 Å². The normalized spacial score (nSPS) is 18.7. The molecule has 1 amide bonds. The van der Waals surface area contributed by atoms with Crippen LogP contribution in [0.25, 0.3) is 0 Å². The second kappa shape index (κ2) is 9.92. The van der Waals surface area contributed by atoms with Crippen molar-refractivity contribution in [1.82, 2.24) is 20.0 Å². The van der Waals surface area contributed by atoms with E-state index in [2.05, 4.69) is 42.2 Å². The number of morpholine rings is 1. The Morgan fingerprint density at radius 3 is 2.61 bits per heavy atom. The number of nitrogens with one attached hydrogen (secondary N) is 1. The van der Waals surface area contributed by atoms with Crippen molar-refractivity contribution in [3.63, 3.8) is 0 Å². The molecule has 1 aliphatic rings. The molecule has 0 saturated carbocycles. The fourth-order valence-corrected chi connectivity index (χ4v) is 4.09. The number of benzene rings is 1. The minimum absolute atomic E-state index is 0.00187. The zero-order chi connectivity index (χ0) is 22.6. The molecule has 0 aliphatic carbocycles. The average molecular weight is 431 g/mol. The van der Waals surface area contributed by atoms with Crippen LogP contribution >= 0.6 is 0 Å². The van der Waals surface area contributed by atoms with E-state index in [9.17, 15) is 9.18 Å². The number of carbonyl (C=O) groups is 1. The summed E-state index contributed by atoms with van der Waals surface area (Å²) in [6.07, 6.45) is 0.774. The molecule has 6 nitrogen and oxygen atoms in total. The summed E-state index contributed by atoms with van der Waals surface area (Å²) in [5, 5.41) is 7.69. The first-order chi connectivity index (χ1) is 14.6. The first-order valence-corrected chi connectivity index (χ1v) is 11.0. The smallest absolute Gasteiger partial charge is 0.234 e. The van der Waals surface area contributed by atoms with Crippen LogP contribution in [0.5, 0.6) is 0 Å². The molecule has 0 radical (unpaired) electrons. The number of hydrogen-bond acceptors (Lipinski definition) is 4. The van der Waals surface area contributed by atoms with Crippen molar-refractivity contribution in [2.75, 3.05) is 26.2 Å². The van der Waals surface area contributed by atoms with Gasteiger partial charge in [-0.05, 0) is 49.4 Å². The van der Waals surface area contributed by atoms with Crippen LogP contribution in [0.1, 0.15) is 50.2 Å². The lowest BCUT2D eigenvalue weighted by molar-refractivity contribution is -0.125. The minimum Gasteiger partial charge on any atom is -0.374 e. The van der Waals surface area contributed by atoms with Crippen LogP contribution in [0.3, 0.4) is 0 Å². The van der Waals surface area contributed by atoms with Gasteiger partial charge in [-0.1, -0.05) is 32.9 Å². The molecule has 1 aromatic heterocycles. The number of halogens is 1. The number of ether oxygens (including phenoxy) is 1. The molecular weight excluding hydrogens is 395 g/mol. The van der Waals surface area contributed by atoms with Gasteiger partial charge >= 0.3 is 0 Å². The maximum Gasteiger partial charge on any atom is 0.234 e. The summed E-state index contributed by atoms with van der Waals surface area (Å²) < 4.78 is 21.3. The molecule has 0 bridgehead atoms. The molecule has 2 atom stereocenters. The van der Waals surface area contributed by atoms with Crippen LogP contribution in [-0.4, -0.2) is 52.9 Å². The standard InChI is InChI=1S/C24H35FN4O2/c1-17-12-18(2)29(27-17)15-21-14-28(10-11-31-21)16-23(30)26-22(13-24(3,4)5)19-6-8-20(25)9-7-19/h6-9,12,21-22H,10-11,13-16H2,1-5H3,(H,26,30). The largest absolute Gasteiger partial charge is 0.374 e. The van der Waals surface area contributed by atoms with Gasteiger partial charge in [0.2, 0.25) is 5.91 Å². The van der Waals surface area contributed by atoms with E-state index < -0.39 is 0 Å². The van der Waals surface area contributed by atoms with Crippen LogP contribution in [0.2, 0.25) is 0 Å². The summed E-state index contributed by atoms with van der Waals surface area (Å²) in [6, 6.07) is 8.31. The molecule has 0 spiro atoms. The third-order valence-electron chi connectivity index (χ3n) is 5.49. The molecule has 1 aromatic carbocycles. The van der Waals surface area contributed by atoms with Gasteiger partial charge in [0, 0.05) is 18.8 Å². The summed E-state index contributed by atoms with van der Waals surface area (Å²) in [5.74, 6) is -0.295. The van der Waals surface area contributed by atoms with E-state index in [0.717, 1.165) is 29.9 Å². The van der Waals surface area contributed by atoms with Crippen LogP contribution in [0.15, 0.2) is 30.3 Å². The highest BCUT2D eigenvalue weighted by molar-refractivity contribution is 5.78. The van der Waals surface area contributed by atoms with Crippen LogP contribution < -0.4 is 5.32 Å². The highest BCUT2D eigenvalue weighted by atomic mass is 19.1. The highest BCUT2D eigenvalue weighted by Gasteiger charge is 2.26. The third kappa shape index (κ3) is 7.14. The lowest BCUT2D eigenvalue weighted by Gasteiger charge is -2.33. The first kappa shape index (κ1) is 23.4. The predicted octanol–water partition coefficient (Wildman–Crippen LogP) is 3.63. The van der Waals surface area contributed by atoms with Crippen LogP contribution in [0, 0.1) is 25.1 Å². The summed E-state index contributed by atoms with van der Waals surface area (Å²) in [7, 11) is 0. The minimum atomic E-state index is -0.272. The summed E-state index contributed by atoms with van der Waals surface area (Å²) in [6.45, 7) is 13.5. The fourth-order valence-electron chi connectivity index (χ4n) is 4.09. The Hall–Kier alpha value is -2.25. The van der Waals surface area contributed by atoms with Crippen molar-refractivity contribution in [3.05, 3.63) is 53.1 Å². The number of aryl methyl sites for hydroxylation is 2. The van der Waals surface area contributed by atoms with E-state index in [1.54, 1.807) is 12.1 Å². The third-order valence-corrected chi connectivity index (χ3v) is 5.49. The Morgan fingerprint density at radius 2 is 2.00 bits per heavy atom. The van der Waals surface area contributed by atoms with Crippen LogP contribution in [-0.2, 0) is 16.1 Å². The predicted molar refractivity (Wildman–Crippen MR) is 119 cm³/mol. The molecule has 170 valence electrons. The number of rotatable bonds is 7. The number of amides is 1. The van der Waals surface area contributed by atoms with Crippen molar-refractivity contribution >= 4 is 5.91 Å². The molecule has 1 aliphatic heterocycles. The van der Waals surface area contributed by atoms with Crippen molar-refractivity contribution in [2.45, 2.75) is 59.7 Å². The molecule has 1 fully saturated rings. The van der Waals surface area contributed by atoms with E-state index in [4.69, 9.17) is 4.74 Å². The van der Waals surface area contributed by atoms with Gasteiger partial charge in [0.1, 0.15) is 5.82 Å². The fraction of sp³-hybridized carbons (Fsp3) is 0.583. The number of carbonyl (C=O) groups excluding carboxylic acids is 1. The van der Waals surface area contributed by atoms with Gasteiger partial charge < -0.3 is 10.1 Å². The monoisotopic (exact) mass is 430 g/mol. The lowest BCUT2D eigenvalue weighted by Crippen LogP contribution is -2.48. The molecular formula is C24H35FN4O2. The summed E-state index contributed by atoms with van der Waals surface area (Å²) in [4.78, 5) is 15.0. The van der Waals surface area contributed by atoms with Gasteiger partial charge in [0.05, 0.1) is 37.5 Å². The molecule has 7 heteroatoms. The Kier molecular flexibility index (Phi) is 7.49. The van der Waals surface area contributed by atoms with E-state index >= 15 is 0 Å². The van der Waals surface area contributed by atoms with E-state index in [1.165, 1.54) is 12.1 Å². The van der Waals surface area contributed by atoms with Gasteiger partial charge in [0.25, 0.3) is 0 Å².